The average molecular weight is 334 g/mol. The lowest BCUT2D eigenvalue weighted by molar-refractivity contribution is 0.536. The monoisotopic (exact) mass is 332 g/mol. The molecule has 1 atom stereocenters. The molecule has 0 saturated heterocycles. The van der Waals surface area contributed by atoms with Gasteiger partial charge in [-0.15, -0.1) is 0 Å². The molecule has 4 heteroatoms. The van der Waals surface area contributed by atoms with E-state index in [-0.39, 0.29) is 0 Å². The second-order valence-electron chi connectivity index (χ2n) is 4.18. The molecule has 1 aliphatic rings. The van der Waals surface area contributed by atoms with Gasteiger partial charge in [-0.25, -0.2) is 4.98 Å². The minimum Gasteiger partial charge on any atom is -0.369 e. The third-order valence-electron chi connectivity index (χ3n) is 2.83. The zero-order valence-corrected chi connectivity index (χ0v) is 11.8. The molecule has 1 N–H and O–H groups in total. The van der Waals surface area contributed by atoms with E-state index in [1.807, 2.05) is 12.3 Å². The second kappa shape index (κ2) is 4.83. The van der Waals surface area contributed by atoms with Crippen LogP contribution in [-0.4, -0.2) is 11.5 Å². The number of halogens is 2. The Labute approximate surface area is 107 Å². The fourth-order valence-electron chi connectivity index (χ4n) is 1.63. The number of anilines is 1. The van der Waals surface area contributed by atoms with Gasteiger partial charge in [-0.3, -0.25) is 0 Å². The van der Waals surface area contributed by atoms with E-state index in [0.29, 0.717) is 0 Å². The molecule has 15 heavy (non-hydrogen) atoms. The van der Waals surface area contributed by atoms with Crippen LogP contribution in [0.1, 0.15) is 19.8 Å². The number of hydrogen-bond donors (Lipinski definition) is 1. The summed E-state index contributed by atoms with van der Waals surface area (Å²) in [5, 5.41) is 3.38. The number of pyridine rings is 1. The van der Waals surface area contributed by atoms with Gasteiger partial charge >= 0.3 is 0 Å². The van der Waals surface area contributed by atoms with Crippen molar-refractivity contribution < 1.29 is 0 Å². The first kappa shape index (κ1) is 11.4. The molecular weight excluding hydrogens is 320 g/mol. The molecule has 1 fully saturated rings. The van der Waals surface area contributed by atoms with Gasteiger partial charge in [-0.2, -0.15) is 0 Å². The van der Waals surface area contributed by atoms with E-state index in [1.54, 1.807) is 0 Å². The topological polar surface area (TPSA) is 24.9 Å². The van der Waals surface area contributed by atoms with Gasteiger partial charge in [0.25, 0.3) is 0 Å². The molecule has 1 aromatic heterocycles. The number of aromatic nitrogens is 1. The fraction of sp³-hybridized carbons (Fsp3) is 0.545. The fourth-order valence-corrected chi connectivity index (χ4v) is 2.76. The first-order valence-corrected chi connectivity index (χ1v) is 6.80. The third kappa shape index (κ3) is 3.18. The van der Waals surface area contributed by atoms with Crippen LogP contribution in [0.25, 0.3) is 0 Å². The molecule has 1 aliphatic carbocycles. The SMILES string of the molecule is CC(CNc1ncc(Br)cc1Br)C1CC1. The summed E-state index contributed by atoms with van der Waals surface area (Å²) in [5.74, 6) is 2.62. The average Bonchev–Trinajstić information content (AvgIpc) is 2.99. The highest BCUT2D eigenvalue weighted by molar-refractivity contribution is 9.11. The minimum absolute atomic E-state index is 0.752. The van der Waals surface area contributed by atoms with Gasteiger partial charge in [0.2, 0.25) is 0 Å². The summed E-state index contributed by atoms with van der Waals surface area (Å²) in [6.45, 7) is 3.31. The van der Waals surface area contributed by atoms with Crippen LogP contribution in [0.3, 0.4) is 0 Å². The smallest absolute Gasteiger partial charge is 0.140 e. The van der Waals surface area contributed by atoms with Crippen molar-refractivity contribution in [2.75, 3.05) is 11.9 Å². The zero-order valence-electron chi connectivity index (χ0n) is 8.63. The Kier molecular flexibility index (Phi) is 3.67. The van der Waals surface area contributed by atoms with E-state index in [4.69, 9.17) is 0 Å². The summed E-state index contributed by atoms with van der Waals surface area (Å²) in [5.41, 5.74) is 0. The molecule has 0 aliphatic heterocycles. The third-order valence-corrected chi connectivity index (χ3v) is 3.86. The zero-order chi connectivity index (χ0) is 10.8. The molecule has 82 valence electrons. The van der Waals surface area contributed by atoms with Crippen molar-refractivity contribution in [3.8, 4) is 0 Å². The molecule has 1 aromatic rings. The molecule has 1 heterocycles. The molecule has 0 spiro atoms. The van der Waals surface area contributed by atoms with Crippen LogP contribution >= 0.6 is 31.9 Å². The highest BCUT2D eigenvalue weighted by Crippen LogP contribution is 2.36. The summed E-state index contributed by atoms with van der Waals surface area (Å²) < 4.78 is 2.01. The number of hydrogen-bond acceptors (Lipinski definition) is 2. The standard InChI is InChI=1S/C11H14Br2N2/c1-7(8-2-3-8)5-14-11-10(13)4-9(12)6-15-11/h4,6-8H,2-3,5H2,1H3,(H,14,15). The predicted octanol–water partition coefficient (Wildman–Crippen LogP) is 4.06. The molecule has 2 rings (SSSR count). The molecule has 1 unspecified atom stereocenters. The highest BCUT2D eigenvalue weighted by atomic mass is 79.9. The summed E-state index contributed by atoms with van der Waals surface area (Å²) in [6, 6.07) is 2.01. The van der Waals surface area contributed by atoms with Crippen molar-refractivity contribution in [3.63, 3.8) is 0 Å². The van der Waals surface area contributed by atoms with Gasteiger partial charge in [0, 0.05) is 17.2 Å². The van der Waals surface area contributed by atoms with E-state index in [0.717, 1.165) is 33.1 Å². The number of nitrogens with one attached hydrogen (secondary N) is 1. The Morgan fingerprint density at radius 2 is 2.27 bits per heavy atom. The van der Waals surface area contributed by atoms with Crippen LogP contribution in [0, 0.1) is 11.8 Å². The van der Waals surface area contributed by atoms with Crippen LogP contribution in [0.5, 0.6) is 0 Å². The first-order chi connectivity index (χ1) is 7.16. The van der Waals surface area contributed by atoms with Gasteiger partial charge in [-0.1, -0.05) is 6.92 Å². The highest BCUT2D eigenvalue weighted by Gasteiger charge is 2.27. The Bertz CT molecular complexity index is 350. The summed E-state index contributed by atoms with van der Waals surface area (Å²) >= 11 is 6.88. The maximum atomic E-state index is 4.32. The Hall–Kier alpha value is -0.0900. The van der Waals surface area contributed by atoms with Crippen molar-refractivity contribution in [1.82, 2.24) is 4.98 Å². The maximum Gasteiger partial charge on any atom is 0.140 e. The van der Waals surface area contributed by atoms with Crippen LogP contribution in [-0.2, 0) is 0 Å². The van der Waals surface area contributed by atoms with Crippen molar-refractivity contribution in [2.24, 2.45) is 11.8 Å². The normalized spacial score (nSPS) is 17.5. The van der Waals surface area contributed by atoms with Gasteiger partial charge in [0.05, 0.1) is 4.47 Å². The van der Waals surface area contributed by atoms with Crippen molar-refractivity contribution in [2.45, 2.75) is 19.8 Å². The molecule has 0 amide bonds. The van der Waals surface area contributed by atoms with E-state index in [2.05, 4.69) is 49.1 Å². The van der Waals surface area contributed by atoms with Crippen LogP contribution < -0.4 is 5.32 Å². The van der Waals surface area contributed by atoms with E-state index >= 15 is 0 Å². The van der Waals surface area contributed by atoms with Crippen molar-refractivity contribution in [3.05, 3.63) is 21.2 Å². The molecule has 0 bridgehead atoms. The Morgan fingerprint density at radius 3 is 2.87 bits per heavy atom. The quantitative estimate of drug-likeness (QED) is 0.898. The Morgan fingerprint density at radius 1 is 1.53 bits per heavy atom. The second-order valence-corrected chi connectivity index (χ2v) is 5.95. The van der Waals surface area contributed by atoms with Crippen LogP contribution in [0.15, 0.2) is 21.2 Å². The van der Waals surface area contributed by atoms with Gasteiger partial charge < -0.3 is 5.32 Å². The summed E-state index contributed by atoms with van der Waals surface area (Å²) in [7, 11) is 0. The minimum atomic E-state index is 0.752. The lowest BCUT2D eigenvalue weighted by Crippen LogP contribution is -2.13. The lowest BCUT2D eigenvalue weighted by Gasteiger charge is -2.12. The van der Waals surface area contributed by atoms with E-state index in [9.17, 15) is 0 Å². The van der Waals surface area contributed by atoms with Gasteiger partial charge in [0.1, 0.15) is 5.82 Å². The molecule has 0 aromatic carbocycles. The molecule has 0 radical (unpaired) electrons. The largest absolute Gasteiger partial charge is 0.369 e. The van der Waals surface area contributed by atoms with Gasteiger partial charge in [0.15, 0.2) is 0 Å². The molecule has 2 nitrogen and oxygen atoms in total. The van der Waals surface area contributed by atoms with Gasteiger partial charge in [-0.05, 0) is 62.6 Å². The first-order valence-electron chi connectivity index (χ1n) is 5.21. The van der Waals surface area contributed by atoms with Crippen LogP contribution in [0.4, 0.5) is 5.82 Å². The van der Waals surface area contributed by atoms with Crippen molar-refractivity contribution in [1.29, 1.82) is 0 Å². The molecular formula is C11H14Br2N2. The van der Waals surface area contributed by atoms with E-state index in [1.165, 1.54) is 12.8 Å². The predicted molar refractivity (Wildman–Crippen MR) is 70.0 cm³/mol. The van der Waals surface area contributed by atoms with Crippen molar-refractivity contribution >= 4 is 37.7 Å². The van der Waals surface area contributed by atoms with E-state index < -0.39 is 0 Å². The summed E-state index contributed by atoms with van der Waals surface area (Å²) in [4.78, 5) is 4.32. The van der Waals surface area contributed by atoms with Crippen LogP contribution in [0.2, 0.25) is 0 Å². The number of nitrogens with zero attached hydrogens (tertiary/aromatic N) is 1. The lowest BCUT2D eigenvalue weighted by atomic mass is 10.1. The molecule has 1 saturated carbocycles. The maximum absolute atomic E-state index is 4.32. The number of rotatable bonds is 4. The summed E-state index contributed by atoms with van der Waals surface area (Å²) in [6.07, 6.45) is 4.62. The Balaban J connectivity index is 1.92.